The second-order valence-corrected chi connectivity index (χ2v) is 7.00. The number of aromatic nitrogens is 4. The Balaban J connectivity index is 1.68. The van der Waals surface area contributed by atoms with E-state index in [1.807, 2.05) is 0 Å². The molecule has 0 bridgehead atoms. The Labute approximate surface area is 149 Å². The minimum absolute atomic E-state index is 0.0423. The molecule has 0 spiro atoms. The molecule has 4 rings (SSSR count). The molecule has 0 aliphatic carbocycles. The Kier molecular flexibility index (Phi) is 3.82. The first-order valence-corrected chi connectivity index (χ1v) is 8.86. The molecule has 138 valence electrons. The highest BCUT2D eigenvalue weighted by atomic mass is 16.5. The minimum atomic E-state index is -0.585. The van der Waals surface area contributed by atoms with Crippen LogP contribution < -0.4 is 11.1 Å². The second kappa shape index (κ2) is 5.93. The molecule has 0 saturated carbocycles. The van der Waals surface area contributed by atoms with Crippen molar-refractivity contribution in [2.75, 3.05) is 13.1 Å². The summed E-state index contributed by atoms with van der Waals surface area (Å²) in [7, 11) is 0. The Morgan fingerprint density at radius 2 is 2.00 bits per heavy atom. The first-order valence-electron chi connectivity index (χ1n) is 8.86. The molecule has 2 aromatic rings. The fourth-order valence-corrected chi connectivity index (χ4v) is 4.10. The average molecular weight is 359 g/mol. The SMILES string of the molecule is CCn1nc2n(c(=O)c1=O)CC1CCN(C(=O)c3c(C)noc3C)CC21. The molecular formula is C17H21N5O4. The Morgan fingerprint density at radius 1 is 1.23 bits per heavy atom. The lowest BCUT2D eigenvalue weighted by atomic mass is 9.87. The predicted octanol–water partition coefficient (Wildman–Crippen LogP) is 0.289. The number of carbonyl (C=O) groups excluding carboxylic acids is 1. The fourth-order valence-electron chi connectivity index (χ4n) is 4.10. The van der Waals surface area contributed by atoms with Gasteiger partial charge in [0.2, 0.25) is 0 Å². The van der Waals surface area contributed by atoms with Crippen molar-refractivity contribution < 1.29 is 9.32 Å². The van der Waals surface area contributed by atoms with E-state index in [0.29, 0.717) is 49.0 Å². The number of fused-ring (bicyclic) bond motifs is 3. The Hall–Kier alpha value is -2.71. The van der Waals surface area contributed by atoms with Crippen LogP contribution >= 0.6 is 0 Å². The molecule has 4 heterocycles. The van der Waals surface area contributed by atoms with Crippen molar-refractivity contribution in [1.82, 2.24) is 24.4 Å². The van der Waals surface area contributed by atoms with Crippen LogP contribution in [-0.2, 0) is 13.1 Å². The quantitative estimate of drug-likeness (QED) is 0.714. The maximum atomic E-state index is 12.9. The van der Waals surface area contributed by atoms with Gasteiger partial charge in [0.05, 0.1) is 5.69 Å². The molecule has 0 N–H and O–H groups in total. The number of likely N-dealkylation sites (tertiary alicyclic amines) is 1. The van der Waals surface area contributed by atoms with Crippen LogP contribution in [-0.4, -0.2) is 43.4 Å². The van der Waals surface area contributed by atoms with Crippen LogP contribution in [0.5, 0.6) is 0 Å². The van der Waals surface area contributed by atoms with Crippen molar-refractivity contribution in [3.05, 3.63) is 43.5 Å². The van der Waals surface area contributed by atoms with Crippen LogP contribution in [0.3, 0.4) is 0 Å². The number of rotatable bonds is 2. The monoisotopic (exact) mass is 359 g/mol. The van der Waals surface area contributed by atoms with Crippen molar-refractivity contribution in [2.45, 2.75) is 46.2 Å². The molecule has 2 atom stereocenters. The highest BCUT2D eigenvalue weighted by Crippen LogP contribution is 2.37. The molecule has 9 heteroatoms. The molecule has 2 aliphatic rings. The summed E-state index contributed by atoms with van der Waals surface area (Å²) in [6, 6.07) is 0. The lowest BCUT2D eigenvalue weighted by Crippen LogP contribution is -2.44. The predicted molar refractivity (Wildman–Crippen MR) is 91.2 cm³/mol. The van der Waals surface area contributed by atoms with Crippen LogP contribution in [0.4, 0.5) is 0 Å². The highest BCUT2D eigenvalue weighted by molar-refractivity contribution is 5.96. The molecule has 9 nitrogen and oxygen atoms in total. The number of amides is 1. The van der Waals surface area contributed by atoms with Crippen molar-refractivity contribution >= 4 is 5.91 Å². The number of hydrogen-bond donors (Lipinski definition) is 0. The normalized spacial score (nSPS) is 21.6. The van der Waals surface area contributed by atoms with Crippen LogP contribution in [0.25, 0.3) is 0 Å². The molecule has 2 aromatic heterocycles. The van der Waals surface area contributed by atoms with Crippen LogP contribution in [0.15, 0.2) is 14.1 Å². The van der Waals surface area contributed by atoms with Crippen molar-refractivity contribution in [1.29, 1.82) is 0 Å². The number of hydrogen-bond acceptors (Lipinski definition) is 6. The van der Waals surface area contributed by atoms with Crippen LogP contribution in [0, 0.1) is 19.8 Å². The van der Waals surface area contributed by atoms with Gasteiger partial charge in [0.1, 0.15) is 17.1 Å². The summed E-state index contributed by atoms with van der Waals surface area (Å²) in [4.78, 5) is 39.1. The zero-order valence-electron chi connectivity index (χ0n) is 15.1. The number of carbonyl (C=O) groups is 1. The standard InChI is InChI=1S/C17H21N5O4/c1-4-22-17(25)16(24)21-7-11-5-6-20(8-12(11)14(21)18-22)15(23)13-9(2)19-26-10(13)3/h11-12H,4-8H2,1-3H3. The van der Waals surface area contributed by atoms with E-state index in [1.165, 1.54) is 9.25 Å². The molecule has 1 amide bonds. The molecule has 2 unspecified atom stereocenters. The minimum Gasteiger partial charge on any atom is -0.361 e. The first kappa shape index (κ1) is 16.7. The van der Waals surface area contributed by atoms with E-state index < -0.39 is 11.1 Å². The van der Waals surface area contributed by atoms with E-state index in [2.05, 4.69) is 10.3 Å². The van der Waals surface area contributed by atoms with E-state index in [-0.39, 0.29) is 17.7 Å². The molecule has 1 fully saturated rings. The van der Waals surface area contributed by atoms with E-state index >= 15 is 0 Å². The first-order chi connectivity index (χ1) is 12.4. The van der Waals surface area contributed by atoms with Crippen molar-refractivity contribution in [2.24, 2.45) is 5.92 Å². The second-order valence-electron chi connectivity index (χ2n) is 7.00. The summed E-state index contributed by atoms with van der Waals surface area (Å²) >= 11 is 0. The number of aryl methyl sites for hydroxylation is 3. The van der Waals surface area contributed by atoms with Gasteiger partial charge < -0.3 is 9.42 Å². The van der Waals surface area contributed by atoms with Crippen molar-refractivity contribution in [3.8, 4) is 0 Å². The van der Waals surface area contributed by atoms with E-state index in [0.717, 1.165) is 6.42 Å². The van der Waals surface area contributed by atoms with Gasteiger partial charge in [0.15, 0.2) is 0 Å². The summed E-state index contributed by atoms with van der Waals surface area (Å²) in [5, 5.41) is 8.27. The average Bonchev–Trinajstić information content (AvgIpc) is 3.17. The molecule has 26 heavy (non-hydrogen) atoms. The molecule has 2 aliphatic heterocycles. The third-order valence-corrected chi connectivity index (χ3v) is 5.50. The molecule has 1 saturated heterocycles. The highest BCUT2D eigenvalue weighted by Gasteiger charge is 2.41. The van der Waals surface area contributed by atoms with Gasteiger partial charge >= 0.3 is 11.1 Å². The summed E-state index contributed by atoms with van der Waals surface area (Å²) in [5.41, 5.74) is -0.0191. The van der Waals surface area contributed by atoms with Gasteiger partial charge in [-0.05, 0) is 33.1 Å². The zero-order chi connectivity index (χ0) is 18.6. The van der Waals surface area contributed by atoms with Gasteiger partial charge in [0, 0.05) is 32.1 Å². The third-order valence-electron chi connectivity index (χ3n) is 5.50. The number of nitrogens with zero attached hydrogens (tertiary/aromatic N) is 5. The molecular weight excluding hydrogens is 338 g/mol. The van der Waals surface area contributed by atoms with Gasteiger partial charge in [0.25, 0.3) is 5.91 Å². The maximum Gasteiger partial charge on any atom is 0.332 e. The maximum absolute atomic E-state index is 12.9. The number of piperidine rings is 1. The zero-order valence-corrected chi connectivity index (χ0v) is 15.1. The lowest BCUT2D eigenvalue weighted by molar-refractivity contribution is 0.0665. The lowest BCUT2D eigenvalue weighted by Gasteiger charge is -2.34. The van der Waals surface area contributed by atoms with E-state index in [1.54, 1.807) is 25.7 Å². The summed E-state index contributed by atoms with van der Waals surface area (Å²) < 4.78 is 7.82. The summed E-state index contributed by atoms with van der Waals surface area (Å²) in [6.07, 6.45) is 0.767. The Bertz CT molecular complexity index is 982. The summed E-state index contributed by atoms with van der Waals surface area (Å²) in [5.74, 6) is 1.19. The van der Waals surface area contributed by atoms with Gasteiger partial charge in [-0.1, -0.05) is 5.16 Å². The van der Waals surface area contributed by atoms with E-state index in [9.17, 15) is 14.4 Å². The van der Waals surface area contributed by atoms with Gasteiger partial charge in [-0.2, -0.15) is 5.10 Å². The van der Waals surface area contributed by atoms with Crippen LogP contribution in [0.2, 0.25) is 0 Å². The molecule has 0 radical (unpaired) electrons. The van der Waals surface area contributed by atoms with Gasteiger partial charge in [-0.15, -0.1) is 0 Å². The fraction of sp³-hybridized carbons (Fsp3) is 0.588. The Morgan fingerprint density at radius 3 is 2.65 bits per heavy atom. The molecule has 0 aromatic carbocycles. The summed E-state index contributed by atoms with van der Waals surface area (Å²) in [6.45, 7) is 7.19. The van der Waals surface area contributed by atoms with Crippen LogP contribution in [0.1, 0.15) is 46.9 Å². The van der Waals surface area contributed by atoms with Crippen molar-refractivity contribution in [3.63, 3.8) is 0 Å². The van der Waals surface area contributed by atoms with Gasteiger partial charge in [-0.25, -0.2) is 4.68 Å². The third kappa shape index (κ3) is 2.33. The smallest absolute Gasteiger partial charge is 0.332 e. The van der Waals surface area contributed by atoms with Gasteiger partial charge in [-0.3, -0.25) is 19.0 Å². The largest absolute Gasteiger partial charge is 0.361 e. The van der Waals surface area contributed by atoms with E-state index in [4.69, 9.17) is 4.52 Å². The topological polar surface area (TPSA) is 103 Å².